The third-order valence-corrected chi connectivity index (χ3v) is 4.39. The van der Waals surface area contributed by atoms with Crippen LogP contribution < -0.4 is 9.88 Å². The summed E-state index contributed by atoms with van der Waals surface area (Å²) in [6, 6.07) is 6.05. The van der Waals surface area contributed by atoms with Crippen LogP contribution in [0.4, 0.5) is 4.39 Å². The third-order valence-electron chi connectivity index (χ3n) is 3.38. The lowest BCUT2D eigenvalue weighted by atomic mass is 9.85. The minimum atomic E-state index is -3.59. The summed E-state index contributed by atoms with van der Waals surface area (Å²) in [5.74, 6) is -0.496. The number of hydrogen-bond acceptors (Lipinski definition) is 3. The molecule has 0 atom stereocenters. The molecule has 2 N–H and O–H groups in total. The zero-order valence-electron chi connectivity index (χ0n) is 11.2. The van der Waals surface area contributed by atoms with Crippen LogP contribution in [0.2, 0.25) is 0 Å². The molecular formula is C13H20FNO3S. The summed E-state index contributed by atoms with van der Waals surface area (Å²) >= 11 is 0. The monoisotopic (exact) mass is 289 g/mol. The lowest BCUT2D eigenvalue weighted by Gasteiger charge is -2.30. The van der Waals surface area contributed by atoms with Crippen molar-refractivity contribution in [2.75, 3.05) is 12.4 Å². The van der Waals surface area contributed by atoms with E-state index in [0.29, 0.717) is 12.8 Å². The molecule has 0 aliphatic rings. The minimum absolute atomic E-state index is 0.122. The molecule has 108 valence electrons. The van der Waals surface area contributed by atoms with Crippen LogP contribution >= 0.6 is 0 Å². The van der Waals surface area contributed by atoms with Crippen LogP contribution in [0.3, 0.4) is 0 Å². The average molecular weight is 289 g/mol. The van der Waals surface area contributed by atoms with Crippen LogP contribution in [0.25, 0.3) is 0 Å². The van der Waals surface area contributed by atoms with Gasteiger partial charge in [0, 0.05) is 5.41 Å². The number of sulfonamides is 1. The van der Waals surface area contributed by atoms with Crippen molar-refractivity contribution in [3.63, 3.8) is 0 Å². The first-order valence-electron chi connectivity index (χ1n) is 6.20. The molecule has 1 aromatic carbocycles. The summed E-state index contributed by atoms with van der Waals surface area (Å²) in [4.78, 5) is 0. The van der Waals surface area contributed by atoms with E-state index in [2.05, 4.69) is 0 Å². The third kappa shape index (κ3) is 4.80. The van der Waals surface area contributed by atoms with E-state index in [9.17, 15) is 12.8 Å². The normalized spacial score (nSPS) is 12.4. The largest absolute Gasteiger partial charge is 0.490 e. The van der Waals surface area contributed by atoms with E-state index in [4.69, 9.17) is 9.88 Å². The number of halogens is 1. The molecule has 1 rings (SSSR count). The van der Waals surface area contributed by atoms with Gasteiger partial charge in [0.05, 0.1) is 12.4 Å². The summed E-state index contributed by atoms with van der Waals surface area (Å²) in [5.41, 5.74) is -0.587. The van der Waals surface area contributed by atoms with Gasteiger partial charge in [-0.05, 0) is 25.0 Å². The van der Waals surface area contributed by atoms with Crippen molar-refractivity contribution in [2.45, 2.75) is 26.7 Å². The zero-order valence-corrected chi connectivity index (χ0v) is 12.0. The Morgan fingerprint density at radius 1 is 1.26 bits per heavy atom. The molecule has 0 aliphatic carbocycles. The van der Waals surface area contributed by atoms with Gasteiger partial charge in [0.1, 0.15) is 0 Å². The fourth-order valence-corrected chi connectivity index (χ4v) is 3.26. The van der Waals surface area contributed by atoms with Gasteiger partial charge in [0.25, 0.3) is 0 Å². The Morgan fingerprint density at radius 2 is 1.84 bits per heavy atom. The summed E-state index contributed by atoms with van der Waals surface area (Å²) in [6.07, 6.45) is 1.18. The molecule has 0 aliphatic heterocycles. The molecule has 0 saturated carbocycles. The van der Waals surface area contributed by atoms with E-state index in [1.165, 1.54) is 12.1 Å². The molecule has 0 fully saturated rings. The Labute approximate surface area is 113 Å². The topological polar surface area (TPSA) is 69.4 Å². The van der Waals surface area contributed by atoms with E-state index in [0.717, 1.165) is 0 Å². The zero-order chi connectivity index (χ0) is 14.5. The molecule has 1 aromatic rings. The smallest absolute Gasteiger partial charge is 0.209 e. The molecule has 19 heavy (non-hydrogen) atoms. The molecule has 0 unspecified atom stereocenters. The predicted molar refractivity (Wildman–Crippen MR) is 72.9 cm³/mol. The van der Waals surface area contributed by atoms with Gasteiger partial charge < -0.3 is 4.74 Å². The molecule has 4 nitrogen and oxygen atoms in total. The molecule has 0 heterocycles. The number of hydrogen-bond donors (Lipinski definition) is 1. The maximum absolute atomic E-state index is 13.4. The highest BCUT2D eigenvalue weighted by atomic mass is 32.2. The van der Waals surface area contributed by atoms with Gasteiger partial charge in [-0.1, -0.05) is 26.0 Å². The number of para-hydroxylation sites is 1. The fraction of sp³-hybridized carbons (Fsp3) is 0.538. The van der Waals surface area contributed by atoms with Crippen LogP contribution in [0.15, 0.2) is 24.3 Å². The Morgan fingerprint density at radius 3 is 2.32 bits per heavy atom. The van der Waals surface area contributed by atoms with Crippen molar-refractivity contribution in [3.8, 4) is 5.75 Å². The van der Waals surface area contributed by atoms with Gasteiger partial charge in [0.2, 0.25) is 10.0 Å². The van der Waals surface area contributed by atoms with E-state index >= 15 is 0 Å². The predicted octanol–water partition coefficient (Wildman–Crippen LogP) is 2.30. The highest BCUT2D eigenvalue weighted by molar-refractivity contribution is 7.89. The molecule has 6 heteroatoms. The van der Waals surface area contributed by atoms with Gasteiger partial charge in [0.15, 0.2) is 11.6 Å². The van der Waals surface area contributed by atoms with Crippen LogP contribution in [-0.2, 0) is 10.0 Å². The van der Waals surface area contributed by atoms with Gasteiger partial charge in [-0.3, -0.25) is 0 Å². The summed E-state index contributed by atoms with van der Waals surface area (Å²) in [6.45, 7) is 3.87. The molecule has 0 bridgehead atoms. The van der Waals surface area contributed by atoms with Gasteiger partial charge >= 0.3 is 0 Å². The van der Waals surface area contributed by atoms with Crippen molar-refractivity contribution >= 4 is 10.0 Å². The Bertz CT molecular complexity index is 512. The molecule has 0 radical (unpaired) electrons. The minimum Gasteiger partial charge on any atom is -0.490 e. The van der Waals surface area contributed by atoms with E-state index < -0.39 is 21.3 Å². The number of ether oxygens (including phenoxy) is 1. The van der Waals surface area contributed by atoms with Crippen molar-refractivity contribution in [1.29, 1.82) is 0 Å². The Kier molecular flexibility index (Phi) is 5.31. The maximum Gasteiger partial charge on any atom is 0.209 e. The Balaban J connectivity index is 2.83. The first kappa shape index (κ1) is 15.9. The number of benzene rings is 1. The second kappa shape index (κ2) is 6.34. The van der Waals surface area contributed by atoms with Crippen molar-refractivity contribution in [2.24, 2.45) is 10.6 Å². The van der Waals surface area contributed by atoms with Gasteiger partial charge in [-0.2, -0.15) is 0 Å². The van der Waals surface area contributed by atoms with Crippen LogP contribution in [0, 0.1) is 11.2 Å². The van der Waals surface area contributed by atoms with Crippen LogP contribution in [0.5, 0.6) is 5.75 Å². The Hall–Kier alpha value is -1.14. The van der Waals surface area contributed by atoms with Gasteiger partial charge in [-0.15, -0.1) is 0 Å². The van der Waals surface area contributed by atoms with Crippen LogP contribution in [0.1, 0.15) is 26.7 Å². The van der Waals surface area contributed by atoms with Crippen LogP contribution in [-0.4, -0.2) is 20.8 Å². The van der Waals surface area contributed by atoms with Crippen molar-refractivity contribution < 1.29 is 17.5 Å². The number of nitrogens with two attached hydrogens (primary N) is 1. The second-order valence-corrected chi connectivity index (χ2v) is 6.35. The molecule has 0 aromatic heterocycles. The molecule has 0 amide bonds. The fourth-order valence-electron chi connectivity index (χ4n) is 1.92. The highest BCUT2D eigenvalue weighted by Gasteiger charge is 2.32. The molecular weight excluding hydrogens is 269 g/mol. The van der Waals surface area contributed by atoms with Crippen molar-refractivity contribution in [1.82, 2.24) is 0 Å². The number of rotatable bonds is 7. The standard InChI is InChI=1S/C13H20FNO3S/c1-3-13(4-2,10-19(15,16)17)9-18-12-8-6-5-7-11(12)14/h5-8H,3-4,9-10H2,1-2H3,(H2,15,16,17). The number of primary sulfonamides is 1. The molecule has 0 spiro atoms. The van der Waals surface area contributed by atoms with Crippen molar-refractivity contribution in [3.05, 3.63) is 30.1 Å². The quantitative estimate of drug-likeness (QED) is 0.837. The lowest BCUT2D eigenvalue weighted by molar-refractivity contribution is 0.150. The SMILES string of the molecule is CCC(CC)(COc1ccccc1F)CS(N)(=O)=O. The van der Waals surface area contributed by atoms with E-state index in [1.54, 1.807) is 12.1 Å². The lowest BCUT2D eigenvalue weighted by Crippen LogP contribution is -2.37. The summed E-state index contributed by atoms with van der Waals surface area (Å²) in [7, 11) is -3.59. The average Bonchev–Trinajstić information content (AvgIpc) is 2.35. The van der Waals surface area contributed by atoms with E-state index in [-0.39, 0.29) is 18.1 Å². The first-order chi connectivity index (χ1) is 8.82. The highest BCUT2D eigenvalue weighted by Crippen LogP contribution is 2.29. The first-order valence-corrected chi connectivity index (χ1v) is 7.91. The summed E-state index contributed by atoms with van der Waals surface area (Å²) < 4.78 is 41.5. The maximum atomic E-state index is 13.4. The van der Waals surface area contributed by atoms with Gasteiger partial charge in [-0.25, -0.2) is 17.9 Å². The second-order valence-electron chi connectivity index (χ2n) is 4.73. The molecule has 0 saturated heterocycles. The van der Waals surface area contributed by atoms with E-state index in [1.807, 2.05) is 13.8 Å². The summed E-state index contributed by atoms with van der Waals surface area (Å²) in [5, 5.41) is 5.11.